The number of halogens is 1. The zero-order chi connectivity index (χ0) is 10.5. The maximum Gasteiger partial charge on any atom is 0.121 e. The average Bonchev–Trinajstić information content (AvgIpc) is 2.32. The van der Waals surface area contributed by atoms with Crippen LogP contribution < -0.4 is 4.90 Å². The van der Waals surface area contributed by atoms with Gasteiger partial charge in [0.15, 0.2) is 0 Å². The zero-order valence-electron chi connectivity index (χ0n) is 8.73. The number of rotatable bonds is 3. The molecule has 0 atom stereocenters. The minimum atomic E-state index is 0.315. The van der Waals surface area contributed by atoms with Gasteiger partial charge in [-0.2, -0.15) is 0 Å². The van der Waals surface area contributed by atoms with Crippen LogP contribution in [-0.4, -0.2) is 25.3 Å². The molecule has 2 nitrogen and oxygen atoms in total. The van der Waals surface area contributed by atoms with Crippen molar-refractivity contribution in [3.05, 3.63) is 30.3 Å². The molecular weight excluding hydrogens is 210 g/mol. The highest BCUT2D eigenvalue weighted by Gasteiger charge is 2.19. The molecule has 1 aromatic rings. The molecule has 0 bridgehead atoms. The second-order valence-electron chi connectivity index (χ2n) is 3.80. The molecule has 0 spiro atoms. The maximum absolute atomic E-state index is 5.55. The molecule has 0 unspecified atom stereocenters. The average molecular weight is 226 g/mol. The van der Waals surface area contributed by atoms with Gasteiger partial charge in [0.1, 0.15) is 6.07 Å². The highest BCUT2D eigenvalue weighted by atomic mass is 35.5. The molecule has 1 saturated heterocycles. The fourth-order valence-corrected chi connectivity index (χ4v) is 2.19. The molecular formula is C12H16ClNO. The number of para-hydroxylation sites is 1. The van der Waals surface area contributed by atoms with Crippen LogP contribution in [0.3, 0.4) is 0 Å². The summed E-state index contributed by atoms with van der Waals surface area (Å²) in [4.78, 5) is 2.40. The number of benzene rings is 1. The van der Waals surface area contributed by atoms with Gasteiger partial charge in [-0.25, -0.2) is 0 Å². The largest absolute Gasteiger partial charge is 0.371 e. The molecule has 82 valence electrons. The van der Waals surface area contributed by atoms with Crippen molar-refractivity contribution in [2.45, 2.75) is 18.9 Å². The summed E-state index contributed by atoms with van der Waals surface area (Å²) in [5.74, 6) is 0. The molecule has 0 radical (unpaired) electrons. The summed E-state index contributed by atoms with van der Waals surface area (Å²) in [6.07, 6.45) is 2.49. The van der Waals surface area contributed by atoms with Crippen molar-refractivity contribution in [2.24, 2.45) is 0 Å². The Bertz CT molecular complexity index is 283. The number of ether oxygens (including phenoxy) is 1. The third-order valence-electron chi connectivity index (χ3n) is 2.86. The highest BCUT2D eigenvalue weighted by Crippen LogP contribution is 2.20. The minimum absolute atomic E-state index is 0.315. The molecule has 1 aliphatic heterocycles. The molecule has 1 aromatic carbocycles. The van der Waals surface area contributed by atoms with E-state index in [4.69, 9.17) is 16.3 Å². The first-order valence-electron chi connectivity index (χ1n) is 5.37. The monoisotopic (exact) mass is 225 g/mol. The number of hydrogen-bond donors (Lipinski definition) is 0. The van der Waals surface area contributed by atoms with Gasteiger partial charge in [-0.05, 0) is 25.0 Å². The fourth-order valence-electron chi connectivity index (χ4n) is 2.01. The van der Waals surface area contributed by atoms with Crippen LogP contribution in [0.2, 0.25) is 0 Å². The van der Waals surface area contributed by atoms with Gasteiger partial charge in [-0.1, -0.05) is 29.8 Å². The lowest BCUT2D eigenvalue weighted by Gasteiger charge is -2.33. The molecule has 0 aliphatic carbocycles. The molecule has 0 aromatic heterocycles. The van der Waals surface area contributed by atoms with E-state index in [0.29, 0.717) is 12.2 Å². The maximum atomic E-state index is 5.55. The summed E-state index contributed by atoms with van der Waals surface area (Å²) < 4.78 is 5.41. The number of hydrogen-bond acceptors (Lipinski definition) is 2. The SMILES string of the molecule is ClCOC1CCN(c2ccccc2)CC1. The standard InChI is InChI=1S/C12H16ClNO/c13-10-15-12-6-8-14(9-7-12)11-4-2-1-3-5-11/h1-5,12H,6-10H2. The van der Waals surface area contributed by atoms with Crippen LogP contribution in [0.5, 0.6) is 0 Å². The quantitative estimate of drug-likeness (QED) is 0.734. The number of nitrogens with zero attached hydrogens (tertiary/aromatic N) is 1. The van der Waals surface area contributed by atoms with Crippen molar-refractivity contribution < 1.29 is 4.74 Å². The van der Waals surface area contributed by atoms with E-state index >= 15 is 0 Å². The lowest BCUT2D eigenvalue weighted by atomic mass is 10.1. The molecule has 0 N–H and O–H groups in total. The first-order valence-corrected chi connectivity index (χ1v) is 5.91. The molecule has 1 heterocycles. The lowest BCUT2D eigenvalue weighted by molar-refractivity contribution is 0.0680. The van der Waals surface area contributed by atoms with Crippen LogP contribution in [0.25, 0.3) is 0 Å². The Morgan fingerprint density at radius 3 is 2.47 bits per heavy atom. The van der Waals surface area contributed by atoms with Crippen LogP contribution in [0.4, 0.5) is 5.69 Å². The minimum Gasteiger partial charge on any atom is -0.371 e. The summed E-state index contributed by atoms with van der Waals surface area (Å²) in [5, 5.41) is 0. The van der Waals surface area contributed by atoms with Crippen LogP contribution in [-0.2, 0) is 4.74 Å². The van der Waals surface area contributed by atoms with E-state index in [-0.39, 0.29) is 0 Å². The molecule has 3 heteroatoms. The summed E-state index contributed by atoms with van der Waals surface area (Å²) >= 11 is 5.55. The number of alkyl halides is 1. The van der Waals surface area contributed by atoms with Crippen LogP contribution in [0.15, 0.2) is 30.3 Å². The van der Waals surface area contributed by atoms with E-state index < -0.39 is 0 Å². The van der Waals surface area contributed by atoms with E-state index in [9.17, 15) is 0 Å². The Balaban J connectivity index is 1.88. The second-order valence-corrected chi connectivity index (χ2v) is 4.02. The topological polar surface area (TPSA) is 12.5 Å². The van der Waals surface area contributed by atoms with Crippen molar-refractivity contribution in [1.29, 1.82) is 0 Å². The molecule has 1 fully saturated rings. The highest BCUT2D eigenvalue weighted by molar-refractivity contribution is 6.17. The van der Waals surface area contributed by atoms with Crippen LogP contribution in [0.1, 0.15) is 12.8 Å². The van der Waals surface area contributed by atoms with E-state index in [1.165, 1.54) is 5.69 Å². The number of anilines is 1. The van der Waals surface area contributed by atoms with E-state index in [1.807, 2.05) is 6.07 Å². The van der Waals surface area contributed by atoms with Gasteiger partial charge in [0.25, 0.3) is 0 Å². The van der Waals surface area contributed by atoms with Gasteiger partial charge < -0.3 is 9.64 Å². The van der Waals surface area contributed by atoms with Crippen molar-refractivity contribution in [1.82, 2.24) is 0 Å². The molecule has 0 amide bonds. The van der Waals surface area contributed by atoms with Gasteiger partial charge in [-0.15, -0.1) is 0 Å². The van der Waals surface area contributed by atoms with Gasteiger partial charge in [0, 0.05) is 18.8 Å². The van der Waals surface area contributed by atoms with E-state index in [1.54, 1.807) is 0 Å². The van der Waals surface area contributed by atoms with Gasteiger partial charge in [0.2, 0.25) is 0 Å². The normalized spacial score (nSPS) is 18.1. The van der Waals surface area contributed by atoms with Crippen LogP contribution >= 0.6 is 11.6 Å². The fraction of sp³-hybridized carbons (Fsp3) is 0.500. The first kappa shape index (κ1) is 10.8. The van der Waals surface area contributed by atoms with Crippen molar-refractivity contribution in [3.63, 3.8) is 0 Å². The van der Waals surface area contributed by atoms with Gasteiger partial charge in [0.05, 0.1) is 6.10 Å². The summed E-state index contributed by atoms with van der Waals surface area (Å²) in [6.45, 7) is 2.12. The third-order valence-corrected chi connectivity index (χ3v) is 2.99. The van der Waals surface area contributed by atoms with Gasteiger partial charge >= 0.3 is 0 Å². The smallest absolute Gasteiger partial charge is 0.121 e. The zero-order valence-corrected chi connectivity index (χ0v) is 9.49. The summed E-state index contributed by atoms with van der Waals surface area (Å²) in [7, 11) is 0. The Kier molecular flexibility index (Phi) is 3.87. The Morgan fingerprint density at radius 2 is 1.87 bits per heavy atom. The summed E-state index contributed by atoms with van der Waals surface area (Å²) in [5.41, 5.74) is 1.31. The van der Waals surface area contributed by atoms with Crippen molar-refractivity contribution >= 4 is 17.3 Å². The van der Waals surface area contributed by atoms with Crippen molar-refractivity contribution in [2.75, 3.05) is 24.1 Å². The Hall–Kier alpha value is -0.730. The Morgan fingerprint density at radius 1 is 1.20 bits per heavy atom. The van der Waals surface area contributed by atoms with Crippen LogP contribution in [0, 0.1) is 0 Å². The first-order chi connectivity index (χ1) is 7.40. The molecule has 2 rings (SSSR count). The predicted molar refractivity (Wildman–Crippen MR) is 63.5 cm³/mol. The van der Waals surface area contributed by atoms with E-state index in [2.05, 4.69) is 29.2 Å². The molecule has 0 saturated carbocycles. The second kappa shape index (κ2) is 5.38. The van der Waals surface area contributed by atoms with Gasteiger partial charge in [-0.3, -0.25) is 0 Å². The van der Waals surface area contributed by atoms with E-state index in [0.717, 1.165) is 25.9 Å². The molecule has 1 aliphatic rings. The summed E-state index contributed by atoms with van der Waals surface area (Å²) in [6, 6.07) is 10.8. The number of piperidine rings is 1. The Labute approximate surface area is 95.8 Å². The lowest BCUT2D eigenvalue weighted by Crippen LogP contribution is -2.36. The third kappa shape index (κ3) is 2.86. The predicted octanol–water partition coefficient (Wildman–Crippen LogP) is 2.87. The molecule has 15 heavy (non-hydrogen) atoms. The van der Waals surface area contributed by atoms with Crippen molar-refractivity contribution in [3.8, 4) is 0 Å².